The first-order valence-corrected chi connectivity index (χ1v) is 7.85. The van der Waals surface area contributed by atoms with E-state index in [4.69, 9.17) is 11.6 Å². The molecule has 1 aliphatic rings. The topological polar surface area (TPSA) is 48.1 Å². The molecule has 0 spiro atoms. The maximum Gasteiger partial charge on any atom is 0.103 e. The molecule has 0 aliphatic carbocycles. The Balaban J connectivity index is 1.99. The van der Waals surface area contributed by atoms with E-state index in [0.717, 1.165) is 55.6 Å². The van der Waals surface area contributed by atoms with Crippen LogP contribution in [0.5, 0.6) is 0 Å². The van der Waals surface area contributed by atoms with Gasteiger partial charge in [-0.2, -0.15) is 10.4 Å². The predicted octanol–water partition coefficient (Wildman–Crippen LogP) is 2.06. The Kier molecular flexibility index (Phi) is 4.92. The number of rotatable bonds is 4. The first-order chi connectivity index (χ1) is 9.89. The van der Waals surface area contributed by atoms with Crippen molar-refractivity contribution in [2.75, 3.05) is 26.2 Å². The highest BCUT2D eigenvalue weighted by molar-refractivity contribution is 6.31. The third-order valence-electron chi connectivity index (χ3n) is 4.31. The van der Waals surface area contributed by atoms with Crippen LogP contribution in [0.1, 0.15) is 32.2 Å². The summed E-state index contributed by atoms with van der Waals surface area (Å²) in [7, 11) is 1.95. The van der Waals surface area contributed by atoms with Gasteiger partial charge in [0.25, 0.3) is 0 Å². The fraction of sp³-hybridized carbons (Fsp3) is 0.733. The molecule has 1 aromatic rings. The van der Waals surface area contributed by atoms with Crippen LogP contribution in [0, 0.1) is 11.3 Å². The fourth-order valence-corrected chi connectivity index (χ4v) is 3.09. The maximum absolute atomic E-state index is 9.22. The summed E-state index contributed by atoms with van der Waals surface area (Å²) >= 11 is 6.41. The molecule has 0 unspecified atom stereocenters. The van der Waals surface area contributed by atoms with E-state index in [1.807, 2.05) is 25.6 Å². The van der Waals surface area contributed by atoms with Crippen molar-refractivity contribution in [1.82, 2.24) is 19.6 Å². The van der Waals surface area contributed by atoms with E-state index >= 15 is 0 Å². The second kappa shape index (κ2) is 6.35. The summed E-state index contributed by atoms with van der Waals surface area (Å²) in [4.78, 5) is 4.62. The summed E-state index contributed by atoms with van der Waals surface area (Å²) < 4.78 is 1.90. The van der Waals surface area contributed by atoms with Crippen molar-refractivity contribution < 1.29 is 0 Å². The van der Waals surface area contributed by atoms with Crippen LogP contribution in [-0.2, 0) is 20.0 Å². The van der Waals surface area contributed by atoms with Crippen LogP contribution in [0.2, 0.25) is 5.02 Å². The van der Waals surface area contributed by atoms with Gasteiger partial charge in [0.05, 0.1) is 22.5 Å². The summed E-state index contributed by atoms with van der Waals surface area (Å²) in [5.74, 6) is 0. The smallest absolute Gasteiger partial charge is 0.103 e. The minimum absolute atomic E-state index is 0.383. The normalized spacial score (nSPS) is 17.9. The van der Waals surface area contributed by atoms with Crippen molar-refractivity contribution in [3.8, 4) is 6.07 Å². The van der Waals surface area contributed by atoms with Crippen LogP contribution >= 0.6 is 11.6 Å². The molecule has 0 atom stereocenters. The number of aromatic nitrogens is 2. The molecule has 116 valence electrons. The van der Waals surface area contributed by atoms with Gasteiger partial charge in [0.2, 0.25) is 0 Å². The summed E-state index contributed by atoms with van der Waals surface area (Å²) in [5, 5.41) is 14.5. The second-order valence-corrected chi connectivity index (χ2v) is 6.50. The third kappa shape index (κ3) is 3.39. The van der Waals surface area contributed by atoms with Gasteiger partial charge in [0.15, 0.2) is 0 Å². The van der Waals surface area contributed by atoms with Crippen molar-refractivity contribution in [2.24, 2.45) is 7.05 Å². The molecule has 0 amide bonds. The number of piperazine rings is 1. The number of aryl methyl sites for hydroxylation is 2. The van der Waals surface area contributed by atoms with Crippen LogP contribution in [0.25, 0.3) is 0 Å². The maximum atomic E-state index is 9.22. The molecular formula is C15H24ClN5. The van der Waals surface area contributed by atoms with E-state index < -0.39 is 0 Å². The first-order valence-electron chi connectivity index (χ1n) is 7.48. The summed E-state index contributed by atoms with van der Waals surface area (Å²) in [6.45, 7) is 10.6. The lowest BCUT2D eigenvalue weighted by atomic mass is 10.0. The van der Waals surface area contributed by atoms with E-state index in [9.17, 15) is 5.26 Å². The van der Waals surface area contributed by atoms with Crippen LogP contribution < -0.4 is 0 Å². The van der Waals surface area contributed by atoms with Crippen molar-refractivity contribution in [1.29, 1.82) is 5.26 Å². The lowest BCUT2D eigenvalue weighted by Gasteiger charge is -2.40. The summed E-state index contributed by atoms with van der Waals surface area (Å²) in [5.41, 5.74) is 1.67. The first kappa shape index (κ1) is 16.3. The lowest BCUT2D eigenvalue weighted by molar-refractivity contribution is 0.0752. The zero-order valence-electron chi connectivity index (χ0n) is 13.4. The molecule has 1 fully saturated rings. The second-order valence-electron chi connectivity index (χ2n) is 6.12. The van der Waals surface area contributed by atoms with Gasteiger partial charge in [0.1, 0.15) is 5.54 Å². The molecule has 1 aliphatic heterocycles. The molecule has 0 N–H and O–H groups in total. The molecule has 0 radical (unpaired) electrons. The Bertz CT molecular complexity index is 535. The van der Waals surface area contributed by atoms with Crippen LogP contribution in [0.4, 0.5) is 0 Å². The standard InChI is InChI=1S/C15H24ClN5/c1-5-12-14(16)13(19(4)18-12)10-20-6-8-21(9-7-20)15(2,3)11-17/h5-10H2,1-4H3. The van der Waals surface area contributed by atoms with Gasteiger partial charge in [-0.15, -0.1) is 0 Å². The Morgan fingerprint density at radius 1 is 1.29 bits per heavy atom. The fourth-order valence-electron chi connectivity index (χ4n) is 2.74. The van der Waals surface area contributed by atoms with E-state index in [0.29, 0.717) is 0 Å². The minimum Gasteiger partial charge on any atom is -0.295 e. The van der Waals surface area contributed by atoms with Crippen LogP contribution in [0.3, 0.4) is 0 Å². The van der Waals surface area contributed by atoms with E-state index in [1.54, 1.807) is 0 Å². The summed E-state index contributed by atoms with van der Waals surface area (Å²) in [6, 6.07) is 2.38. The molecule has 1 saturated heterocycles. The molecule has 0 aromatic carbocycles. The highest BCUT2D eigenvalue weighted by Gasteiger charge is 2.30. The molecule has 0 saturated carbocycles. The SMILES string of the molecule is CCc1nn(C)c(CN2CCN(C(C)(C)C#N)CC2)c1Cl. The molecule has 0 bridgehead atoms. The third-order valence-corrected chi connectivity index (χ3v) is 4.75. The quantitative estimate of drug-likeness (QED) is 0.854. The van der Waals surface area contributed by atoms with Crippen molar-refractivity contribution in [2.45, 2.75) is 39.3 Å². The number of halogens is 1. The van der Waals surface area contributed by atoms with Gasteiger partial charge in [-0.3, -0.25) is 14.5 Å². The molecular weight excluding hydrogens is 286 g/mol. The van der Waals surface area contributed by atoms with Crippen LogP contribution in [0.15, 0.2) is 0 Å². The zero-order valence-corrected chi connectivity index (χ0v) is 14.1. The molecule has 6 heteroatoms. The Morgan fingerprint density at radius 3 is 2.38 bits per heavy atom. The summed E-state index contributed by atoms with van der Waals surface area (Å²) in [6.07, 6.45) is 0.858. The average molecular weight is 310 g/mol. The highest BCUT2D eigenvalue weighted by Crippen LogP contribution is 2.23. The van der Waals surface area contributed by atoms with Crippen LogP contribution in [-0.4, -0.2) is 51.3 Å². The van der Waals surface area contributed by atoms with Crippen molar-refractivity contribution >= 4 is 11.6 Å². The van der Waals surface area contributed by atoms with Gasteiger partial charge in [-0.1, -0.05) is 18.5 Å². The lowest BCUT2D eigenvalue weighted by Crippen LogP contribution is -2.53. The molecule has 2 rings (SSSR count). The van der Waals surface area contributed by atoms with Gasteiger partial charge < -0.3 is 0 Å². The van der Waals surface area contributed by atoms with Gasteiger partial charge in [-0.25, -0.2) is 0 Å². The zero-order chi connectivity index (χ0) is 15.6. The van der Waals surface area contributed by atoms with E-state index in [2.05, 4.69) is 27.9 Å². The Labute approximate surface area is 132 Å². The Morgan fingerprint density at radius 2 is 1.90 bits per heavy atom. The van der Waals surface area contributed by atoms with Gasteiger partial charge in [-0.05, 0) is 20.3 Å². The number of nitriles is 1. The minimum atomic E-state index is -0.383. The van der Waals surface area contributed by atoms with Crippen molar-refractivity contribution in [3.63, 3.8) is 0 Å². The van der Waals surface area contributed by atoms with E-state index in [1.165, 1.54) is 0 Å². The molecule has 2 heterocycles. The number of hydrogen-bond acceptors (Lipinski definition) is 4. The molecule has 21 heavy (non-hydrogen) atoms. The van der Waals surface area contributed by atoms with Gasteiger partial charge >= 0.3 is 0 Å². The van der Waals surface area contributed by atoms with Crippen molar-refractivity contribution in [3.05, 3.63) is 16.4 Å². The highest BCUT2D eigenvalue weighted by atomic mass is 35.5. The largest absolute Gasteiger partial charge is 0.295 e. The number of hydrogen-bond donors (Lipinski definition) is 0. The monoisotopic (exact) mass is 309 g/mol. The Hall–Kier alpha value is -1.09. The number of nitrogens with zero attached hydrogens (tertiary/aromatic N) is 5. The van der Waals surface area contributed by atoms with E-state index in [-0.39, 0.29) is 5.54 Å². The van der Waals surface area contributed by atoms with Gasteiger partial charge in [0, 0.05) is 39.8 Å². The average Bonchev–Trinajstić information content (AvgIpc) is 2.75. The molecule has 1 aromatic heterocycles. The predicted molar refractivity (Wildman–Crippen MR) is 84.1 cm³/mol. The molecule has 5 nitrogen and oxygen atoms in total.